The second kappa shape index (κ2) is 23.2. The van der Waals surface area contributed by atoms with Crippen LogP contribution < -0.4 is 14.2 Å². The number of nitrogens with one attached hydrogen (secondary N) is 4. The Kier molecular flexibility index (Phi) is 13.8. The molecule has 0 spiro atoms. The van der Waals surface area contributed by atoms with E-state index in [-0.39, 0.29) is 0 Å². The first-order valence-corrected chi connectivity index (χ1v) is 30.4. The van der Waals surface area contributed by atoms with Crippen LogP contribution in [0.2, 0.25) is 0 Å². The third kappa shape index (κ3) is 10.0. The minimum atomic E-state index is 0.657. The molecular formula is C81H56N8O3. The first-order chi connectivity index (χ1) is 45.4. The van der Waals surface area contributed by atoms with Crippen LogP contribution in [0.25, 0.3) is 160 Å². The van der Waals surface area contributed by atoms with Gasteiger partial charge in [-0.1, -0.05) is 139 Å². The normalized spacial score (nSPS) is 12.0. The van der Waals surface area contributed by atoms with E-state index in [0.717, 1.165) is 151 Å². The number of hydrogen-bond acceptors (Lipinski definition) is 7. The van der Waals surface area contributed by atoms with Crippen LogP contribution in [0.3, 0.4) is 0 Å². The maximum Gasteiger partial charge on any atom is 0.119 e. The molecular weight excluding hydrogens is 1130 g/mol. The van der Waals surface area contributed by atoms with Crippen molar-refractivity contribution >= 4 is 92.7 Å². The van der Waals surface area contributed by atoms with Gasteiger partial charge in [-0.2, -0.15) is 0 Å². The molecule has 4 aliphatic heterocycles. The highest BCUT2D eigenvalue weighted by Crippen LogP contribution is 2.41. The lowest BCUT2D eigenvalue weighted by Gasteiger charge is -2.08. The van der Waals surface area contributed by atoms with Crippen LogP contribution in [0.1, 0.15) is 56.7 Å². The van der Waals surface area contributed by atoms with Crippen LogP contribution in [-0.2, 0) is 0 Å². The Labute approximate surface area is 530 Å². The summed E-state index contributed by atoms with van der Waals surface area (Å²) in [7, 11) is 5.05. The van der Waals surface area contributed by atoms with Crippen molar-refractivity contribution < 1.29 is 14.2 Å². The van der Waals surface area contributed by atoms with Crippen molar-refractivity contribution in [2.24, 2.45) is 0 Å². The first-order valence-electron chi connectivity index (χ1n) is 30.4. The topological polar surface area (TPSA) is 142 Å². The molecule has 0 radical (unpaired) electrons. The zero-order chi connectivity index (χ0) is 61.7. The SMILES string of the molecule is COc1cccc(-c2c3nc(c(-c4cccc(OC)c4)c4ccc([nH]4)c(-c4cccc(OC)c4)c4nc(c(C#Cc5c6nc(c(-c7ccccc7)c7ccc([nH]7)c(-c7ccccc7)c7nc(c(-c8ccccc8)c8ccc5[nH]8)C=C7)C=C6)c5ccc2[nH]5)C=C4)C=C3)c1. The highest BCUT2D eigenvalue weighted by atomic mass is 16.5. The standard InChI is InChI=1S/C81H56N8O3/c1-90-55-25-13-22-52(46-55)79-70-36-32-62(84-70)59(63-33-37-71(85-63)80(53-23-14-26-56(47-53)91-2)73-43-45-75(89-73)81(74-44-42-72(79)88-74)54-24-15-27-57(48-54)92-3)29-28-58-60-30-34-64(82-60)76(49-16-7-4-8-17-49)66-38-40-68(86-66)78(51-20-11-6-12-21-51)69-41-39-67(87-69)77(50-18-9-5-10-19-50)65-35-31-61(58)83-65/h4-27,30-48,82,84,87,89H,1-3H3. The van der Waals surface area contributed by atoms with E-state index < -0.39 is 0 Å². The largest absolute Gasteiger partial charge is 0.497 e. The second-order valence-corrected chi connectivity index (χ2v) is 22.5. The van der Waals surface area contributed by atoms with Crippen LogP contribution in [0.15, 0.2) is 212 Å². The molecule has 4 N–H and O–H groups in total. The highest BCUT2D eigenvalue weighted by Gasteiger charge is 2.22. The van der Waals surface area contributed by atoms with Gasteiger partial charge in [0.1, 0.15) is 17.2 Å². The van der Waals surface area contributed by atoms with E-state index in [2.05, 4.69) is 220 Å². The zero-order valence-electron chi connectivity index (χ0n) is 50.3. The number of fused-ring (bicyclic) bond motifs is 16. The second-order valence-electron chi connectivity index (χ2n) is 22.5. The summed E-state index contributed by atoms with van der Waals surface area (Å²) in [6, 6.07) is 72.5. The number of H-pyrrole nitrogens is 4. The van der Waals surface area contributed by atoms with Crippen LogP contribution in [0.4, 0.5) is 0 Å². The van der Waals surface area contributed by atoms with E-state index in [1.807, 2.05) is 72.8 Å². The molecule has 0 fully saturated rings. The molecule has 438 valence electrons. The van der Waals surface area contributed by atoms with Crippen LogP contribution in [0.5, 0.6) is 17.2 Å². The molecule has 12 aromatic rings. The first kappa shape index (κ1) is 54.8. The van der Waals surface area contributed by atoms with Gasteiger partial charge in [0, 0.05) is 66.5 Å². The third-order valence-corrected chi connectivity index (χ3v) is 17.1. The quantitative estimate of drug-likeness (QED) is 0.105. The van der Waals surface area contributed by atoms with E-state index in [9.17, 15) is 0 Å². The van der Waals surface area contributed by atoms with E-state index in [1.165, 1.54) is 0 Å². The lowest BCUT2D eigenvalue weighted by atomic mass is 10.0. The fourth-order valence-corrected chi connectivity index (χ4v) is 12.8. The molecule has 0 unspecified atom stereocenters. The Morgan fingerprint density at radius 3 is 0.750 bits per heavy atom. The summed E-state index contributed by atoms with van der Waals surface area (Å²) in [5.41, 5.74) is 25.4. The Bertz CT molecular complexity index is 5460. The van der Waals surface area contributed by atoms with E-state index in [4.69, 9.17) is 34.1 Å². The monoisotopic (exact) mass is 1190 g/mol. The van der Waals surface area contributed by atoms with Gasteiger partial charge in [0.15, 0.2) is 0 Å². The molecule has 6 aromatic heterocycles. The van der Waals surface area contributed by atoms with Crippen molar-refractivity contribution in [2.75, 3.05) is 21.3 Å². The van der Waals surface area contributed by atoms with Crippen molar-refractivity contribution in [2.45, 2.75) is 0 Å². The summed E-state index contributed by atoms with van der Waals surface area (Å²) < 4.78 is 17.5. The van der Waals surface area contributed by atoms with Crippen LogP contribution >= 0.6 is 0 Å². The minimum Gasteiger partial charge on any atom is -0.497 e. The molecule has 6 aromatic carbocycles. The van der Waals surface area contributed by atoms with Gasteiger partial charge >= 0.3 is 0 Å². The van der Waals surface area contributed by atoms with E-state index in [1.54, 1.807) is 21.3 Å². The molecule has 10 heterocycles. The van der Waals surface area contributed by atoms with Crippen molar-refractivity contribution in [3.8, 4) is 95.9 Å². The Morgan fingerprint density at radius 2 is 0.467 bits per heavy atom. The Balaban J connectivity index is 1.02. The smallest absolute Gasteiger partial charge is 0.119 e. The van der Waals surface area contributed by atoms with Crippen LogP contribution in [-0.4, -0.2) is 61.2 Å². The lowest BCUT2D eigenvalue weighted by Crippen LogP contribution is -1.91. The molecule has 0 saturated carbocycles. The number of benzene rings is 6. The maximum absolute atomic E-state index is 5.85. The fraction of sp³-hybridized carbons (Fsp3) is 0.0370. The summed E-state index contributed by atoms with van der Waals surface area (Å²) in [6.07, 6.45) is 16.7. The van der Waals surface area contributed by atoms with Crippen molar-refractivity contribution in [1.82, 2.24) is 39.9 Å². The van der Waals surface area contributed by atoms with Crippen LogP contribution in [0, 0.1) is 11.8 Å². The summed E-state index contributed by atoms with van der Waals surface area (Å²) in [5, 5.41) is 0. The molecule has 92 heavy (non-hydrogen) atoms. The van der Waals surface area contributed by atoms with Gasteiger partial charge < -0.3 is 34.1 Å². The predicted octanol–water partition coefficient (Wildman–Crippen LogP) is 19.1. The average molecular weight is 1190 g/mol. The molecule has 11 nitrogen and oxygen atoms in total. The lowest BCUT2D eigenvalue weighted by molar-refractivity contribution is 0.415. The van der Waals surface area contributed by atoms with Gasteiger partial charge in [-0.25, -0.2) is 19.9 Å². The maximum atomic E-state index is 5.85. The van der Waals surface area contributed by atoms with Crippen molar-refractivity contribution in [1.29, 1.82) is 0 Å². The zero-order valence-corrected chi connectivity index (χ0v) is 50.3. The van der Waals surface area contributed by atoms with Gasteiger partial charge in [0.05, 0.1) is 89.0 Å². The summed E-state index contributed by atoms with van der Waals surface area (Å²) in [6.45, 7) is 0. The molecule has 11 heteroatoms. The number of methoxy groups -OCH3 is 3. The number of aromatic amines is 4. The number of aromatic nitrogens is 8. The van der Waals surface area contributed by atoms with Gasteiger partial charge in [-0.15, -0.1) is 0 Å². The van der Waals surface area contributed by atoms with Gasteiger partial charge in [0.2, 0.25) is 0 Å². The third-order valence-electron chi connectivity index (χ3n) is 17.1. The average Bonchev–Trinajstić information content (AvgIpc) is 1.67. The van der Waals surface area contributed by atoms with E-state index >= 15 is 0 Å². The number of nitrogens with zero attached hydrogens (tertiary/aromatic N) is 4. The molecule has 0 atom stereocenters. The molecule has 0 amide bonds. The van der Waals surface area contributed by atoms with E-state index in [0.29, 0.717) is 34.0 Å². The summed E-state index contributed by atoms with van der Waals surface area (Å²) in [5.74, 6) is 9.69. The number of rotatable bonds is 9. The number of hydrogen-bond donors (Lipinski definition) is 4. The highest BCUT2D eigenvalue weighted by molar-refractivity contribution is 6.01. The van der Waals surface area contributed by atoms with Gasteiger partial charge in [-0.3, -0.25) is 0 Å². The molecule has 16 rings (SSSR count). The number of ether oxygens (including phenoxy) is 3. The summed E-state index contributed by atoms with van der Waals surface area (Å²) >= 11 is 0. The molecule has 4 aliphatic rings. The minimum absolute atomic E-state index is 0.657. The molecule has 16 bridgehead atoms. The Morgan fingerprint density at radius 1 is 0.239 bits per heavy atom. The van der Waals surface area contributed by atoms with Gasteiger partial charge in [0.25, 0.3) is 0 Å². The van der Waals surface area contributed by atoms with Gasteiger partial charge in [-0.05, 0) is 167 Å². The fourth-order valence-electron chi connectivity index (χ4n) is 12.8. The van der Waals surface area contributed by atoms with Crippen molar-refractivity contribution in [3.05, 3.63) is 269 Å². The predicted molar refractivity (Wildman–Crippen MR) is 376 cm³/mol. The molecule has 0 saturated heterocycles. The Hall–Kier alpha value is -12.5. The van der Waals surface area contributed by atoms with Crippen molar-refractivity contribution in [3.63, 3.8) is 0 Å². The molecule has 0 aliphatic carbocycles. The summed E-state index contributed by atoms with van der Waals surface area (Å²) in [4.78, 5) is 37.6.